The molecular weight excluding hydrogens is 875 g/mol. The van der Waals surface area contributed by atoms with Crippen LogP contribution >= 0.6 is 7.82 Å². The molecule has 0 aromatic carbocycles. The average molecular weight is 937 g/mol. The maximum atomic E-state index is 17.0. The van der Waals surface area contributed by atoms with Crippen molar-refractivity contribution in [3.8, 4) is 0 Å². The number of aliphatic hydroxyl groups excluding tert-OH is 2. The molecule has 6 N–H and O–H groups in total. The van der Waals surface area contributed by atoms with Crippen molar-refractivity contribution in [2.24, 2.45) is 57.2 Å². The van der Waals surface area contributed by atoms with Crippen molar-refractivity contribution in [3.63, 3.8) is 0 Å². The minimum atomic E-state index is -4.93. The largest absolute Gasteiger partial charge is 0.470 e. The van der Waals surface area contributed by atoms with Gasteiger partial charge in [-0.15, -0.1) is 0 Å². The number of carbonyl (C=O) groups is 5. The molecule has 13 nitrogen and oxygen atoms in total. The summed E-state index contributed by atoms with van der Waals surface area (Å²) in [6, 6.07) is 0. The minimum Gasteiger partial charge on any atom is -0.390 e. The number of carbonyl (C=O) groups excluding carboxylic acids is 5. The summed E-state index contributed by atoms with van der Waals surface area (Å²) in [7, 11) is -4.93. The van der Waals surface area contributed by atoms with Gasteiger partial charge in [-0.3, -0.25) is 28.5 Å². The Balaban J connectivity index is 0.000000234. The molecule has 8 aliphatic carbocycles. The Hall–Kier alpha value is -0.880. The van der Waals surface area contributed by atoms with Crippen LogP contribution in [0.1, 0.15) is 106 Å². The van der Waals surface area contributed by atoms with E-state index in [4.69, 9.17) is 9.79 Å². The molecule has 8 rings (SSSR count). The molecule has 0 aliphatic heterocycles. The van der Waals surface area contributed by atoms with Crippen molar-refractivity contribution >= 4 is 95.9 Å². The molecule has 344 valence electrons. The van der Waals surface area contributed by atoms with E-state index in [0.717, 1.165) is 0 Å². The first-order valence-electron chi connectivity index (χ1n) is 21.8. The zero-order valence-electron chi connectivity index (χ0n) is 38.4. The van der Waals surface area contributed by atoms with Gasteiger partial charge < -0.3 is 30.2 Å². The monoisotopic (exact) mass is 936 g/mol. The van der Waals surface area contributed by atoms with Gasteiger partial charge in [0.1, 0.15) is 23.6 Å². The van der Waals surface area contributed by atoms with E-state index in [-0.39, 0.29) is 102 Å². The van der Waals surface area contributed by atoms with E-state index in [0.29, 0.717) is 49.7 Å². The molecule has 8 aliphatic rings. The molecule has 0 saturated heterocycles. The van der Waals surface area contributed by atoms with E-state index in [1.807, 2.05) is 0 Å². The number of aliphatic hydroxyl groups is 4. The normalized spacial score (nSPS) is 47.3. The summed E-state index contributed by atoms with van der Waals surface area (Å²) in [5.74, 6) is -5.20. The fraction of sp³-hybridized carbons (Fsp3) is 0.717. The molecule has 0 amide bonds. The van der Waals surface area contributed by atoms with Gasteiger partial charge in [0.05, 0.1) is 18.6 Å². The topological polar surface area (TPSA) is 233 Å². The number of hydrogen-bond acceptors (Lipinski definition) is 11. The van der Waals surface area contributed by atoms with Crippen LogP contribution in [0, 0.1) is 57.2 Å². The van der Waals surface area contributed by atoms with Gasteiger partial charge in [-0.25, -0.2) is 13.3 Å². The maximum absolute atomic E-state index is 17.0. The van der Waals surface area contributed by atoms with E-state index in [1.54, 1.807) is 47.6 Å². The number of alkyl halides is 2. The van der Waals surface area contributed by atoms with Crippen LogP contribution in [0.2, 0.25) is 0 Å². The molecule has 0 bridgehead atoms. The van der Waals surface area contributed by atoms with Crippen LogP contribution in [0.5, 0.6) is 0 Å². The summed E-state index contributed by atoms with van der Waals surface area (Å²) in [6.07, 6.45) is 7.75. The van der Waals surface area contributed by atoms with Gasteiger partial charge in [0.15, 0.2) is 34.5 Å². The van der Waals surface area contributed by atoms with E-state index in [2.05, 4.69) is 4.52 Å². The molecule has 18 heteroatoms. The number of rotatable bonds is 7. The van der Waals surface area contributed by atoms with E-state index in [1.165, 1.54) is 37.3 Å². The number of fused-ring (bicyclic) bond motifs is 10. The van der Waals surface area contributed by atoms with Crippen LogP contribution in [0.15, 0.2) is 47.6 Å². The zero-order chi connectivity index (χ0) is 46.2. The van der Waals surface area contributed by atoms with Crippen molar-refractivity contribution in [2.75, 3.05) is 6.61 Å². The van der Waals surface area contributed by atoms with Crippen molar-refractivity contribution < 1.29 is 72.1 Å². The van der Waals surface area contributed by atoms with Crippen molar-refractivity contribution in [2.45, 2.75) is 141 Å². The fourth-order valence-corrected chi connectivity index (χ4v) is 15.2. The molecular formula is C46H61F2Na2O13P. The quantitative estimate of drug-likeness (QED) is 0.120. The first-order chi connectivity index (χ1) is 28.4. The number of halogens is 2. The standard InChI is InChI=1S/C24H31FO5.C22H30FO8P.2Na/c1-13-9-18-17-6-5-15-11-16(27)7-8-21(15,3)23(17,25)20(29)12-22(18,4)24(13,30)19(28)10-14(2)26;1-12-8-16-15-5-4-13-9-14(24)6-7-19(13,2)21(15,23)17(25)10-20(16,3)22(12,27)18(26)11-31-32(28,29)30;;/h7-8,11,13,17-18,20,29-30H,5-6,9-10,12H2,1-4H3;6-7,9,12,15-17,25,27H,4-5,8,10-11H2,1-3H3,(H2,28,29,30);;/t13-,17-,18-,20-,21-,22-,23-,24-;12-,15-,16-,17-,19-,20-,21-,22-;;/m00../s1. The van der Waals surface area contributed by atoms with Crippen molar-refractivity contribution in [3.05, 3.63) is 47.6 Å². The molecule has 0 aromatic heterocycles. The summed E-state index contributed by atoms with van der Waals surface area (Å²) >= 11 is 0. The number of ketones is 5. The van der Waals surface area contributed by atoms with Gasteiger partial charge >= 0.3 is 7.82 Å². The average Bonchev–Trinajstić information content (AvgIpc) is 3.50. The summed E-state index contributed by atoms with van der Waals surface area (Å²) in [5.41, 5.74) is -11.1. The Morgan fingerprint density at radius 3 is 1.45 bits per heavy atom. The smallest absolute Gasteiger partial charge is 0.390 e. The van der Waals surface area contributed by atoms with Gasteiger partial charge in [0, 0.05) is 92.6 Å². The Kier molecular flexibility index (Phi) is 14.8. The summed E-state index contributed by atoms with van der Waals surface area (Å²) in [4.78, 5) is 79.4. The molecule has 0 spiro atoms. The van der Waals surface area contributed by atoms with Crippen LogP contribution in [-0.4, -0.2) is 160 Å². The number of phosphoric acid groups is 1. The van der Waals surface area contributed by atoms with Gasteiger partial charge in [-0.1, -0.05) is 51.0 Å². The summed E-state index contributed by atoms with van der Waals surface area (Å²) in [5, 5.41) is 45.7. The molecule has 2 radical (unpaired) electrons. The predicted octanol–water partition coefficient (Wildman–Crippen LogP) is 4.13. The van der Waals surface area contributed by atoms with Gasteiger partial charge in [-0.2, -0.15) is 0 Å². The van der Waals surface area contributed by atoms with Crippen LogP contribution in [0.3, 0.4) is 0 Å². The first kappa shape index (κ1) is 54.1. The number of Topliss-reactive ketones (excluding diaryl/α,β-unsaturated/α-hetero) is 3. The number of allylic oxidation sites excluding steroid dienone is 8. The van der Waals surface area contributed by atoms with Gasteiger partial charge in [0.25, 0.3) is 0 Å². The third-order valence-electron chi connectivity index (χ3n) is 18.1. The second-order valence-corrected chi connectivity index (χ2v) is 22.1. The first-order valence-corrected chi connectivity index (χ1v) is 23.3. The SMILES string of the molecule is CC(=O)CC(=O)[C@@]1(O)[C@@H](C)C[C@H]2[C@@H]3CCC4=CC(=O)C=C[C@]4(C)[C@@]3(F)[C@@H](O)C[C@@]21C.C[C@H]1C[C@H]2[C@@H]3CCC4=CC(=O)C=C[C@]4(C)[C@@]3(F)[C@@H](O)C[C@]2(C)[C@@]1(O)C(=O)COP(=O)(O)O.[Na].[Na]. The van der Waals surface area contributed by atoms with Crippen molar-refractivity contribution in [1.29, 1.82) is 0 Å². The molecule has 0 heterocycles. The Morgan fingerprint density at radius 2 is 1.09 bits per heavy atom. The van der Waals surface area contributed by atoms with E-state index < -0.39 is 112 Å². The van der Waals surface area contributed by atoms with Gasteiger partial charge in [-0.05, 0) is 120 Å². The molecule has 0 aromatic rings. The van der Waals surface area contributed by atoms with Crippen LogP contribution in [-0.2, 0) is 33.1 Å². The molecule has 6 fully saturated rings. The second kappa shape index (κ2) is 17.5. The predicted molar refractivity (Wildman–Crippen MR) is 231 cm³/mol. The number of phosphoric ester groups is 1. The van der Waals surface area contributed by atoms with Crippen molar-refractivity contribution in [1.82, 2.24) is 0 Å². The van der Waals surface area contributed by atoms with Crippen LogP contribution < -0.4 is 0 Å². The maximum Gasteiger partial charge on any atom is 0.470 e. The molecule has 64 heavy (non-hydrogen) atoms. The third kappa shape index (κ3) is 7.37. The molecule has 16 atom stereocenters. The van der Waals surface area contributed by atoms with E-state index in [9.17, 15) is 49.0 Å². The van der Waals surface area contributed by atoms with Crippen LogP contribution in [0.4, 0.5) is 8.78 Å². The fourth-order valence-electron chi connectivity index (χ4n) is 14.9. The molecule has 0 unspecified atom stereocenters. The molecule has 6 saturated carbocycles. The Labute approximate surface area is 417 Å². The third-order valence-corrected chi connectivity index (χ3v) is 18.5. The van der Waals surface area contributed by atoms with E-state index >= 15 is 8.78 Å². The summed E-state index contributed by atoms with van der Waals surface area (Å²) in [6.45, 7) is 10.6. The second-order valence-electron chi connectivity index (χ2n) is 20.8. The number of hydrogen-bond donors (Lipinski definition) is 6. The van der Waals surface area contributed by atoms with Gasteiger partial charge in [0.2, 0.25) is 0 Å². The summed E-state index contributed by atoms with van der Waals surface area (Å²) < 4.78 is 49.4. The zero-order valence-corrected chi connectivity index (χ0v) is 43.3. The van der Waals surface area contributed by atoms with Crippen LogP contribution in [0.25, 0.3) is 0 Å². The Bertz CT molecular complexity index is 2180. The minimum absolute atomic E-state index is 0. The Morgan fingerprint density at radius 1 is 0.719 bits per heavy atom.